The molecule has 0 aliphatic carbocycles. The highest BCUT2D eigenvalue weighted by atomic mass is 79.9. The first-order valence-electron chi connectivity index (χ1n) is 7.94. The number of alkyl halides is 3. The molecule has 0 saturated heterocycles. The zero-order chi connectivity index (χ0) is 19.1. The largest absolute Gasteiger partial charge is 0.393 e. The van der Waals surface area contributed by atoms with E-state index in [1.54, 1.807) is 12.1 Å². The Kier molecular flexibility index (Phi) is 5.10. The number of oxime groups is 1. The lowest BCUT2D eigenvalue weighted by Gasteiger charge is -2.22. The number of halogens is 5. The van der Waals surface area contributed by atoms with Gasteiger partial charge in [-0.1, -0.05) is 44.8 Å². The molecule has 0 N–H and O–H groups in total. The van der Waals surface area contributed by atoms with Crippen LogP contribution in [0.2, 0.25) is 5.02 Å². The zero-order valence-electron chi connectivity index (χ0n) is 14.1. The quantitative estimate of drug-likeness (QED) is 0.523. The summed E-state index contributed by atoms with van der Waals surface area (Å²) in [6, 6.07) is 10.5. The van der Waals surface area contributed by atoms with Crippen LogP contribution in [0.1, 0.15) is 35.6 Å². The van der Waals surface area contributed by atoms with E-state index in [9.17, 15) is 13.2 Å². The predicted octanol–water partition coefficient (Wildman–Crippen LogP) is 6.56. The Morgan fingerprint density at radius 1 is 1.23 bits per heavy atom. The topological polar surface area (TPSA) is 21.6 Å². The third-order valence-corrected chi connectivity index (χ3v) is 5.28. The summed E-state index contributed by atoms with van der Waals surface area (Å²) in [5.41, 5.74) is 2.58. The Morgan fingerprint density at radius 2 is 1.96 bits per heavy atom. The van der Waals surface area contributed by atoms with Gasteiger partial charge >= 0.3 is 6.18 Å². The molecular weight excluding hydrogens is 431 g/mol. The van der Waals surface area contributed by atoms with Gasteiger partial charge in [0.05, 0.1) is 12.1 Å². The average molecular weight is 447 g/mol. The first-order chi connectivity index (χ1) is 12.1. The first kappa shape index (κ1) is 19.2. The SMILES string of the molecule is Cc1cc(Cl)cc(C2(C)CC(c3ccc(Br)c(CC(F)(F)F)c3)=NO2)c1. The Labute approximate surface area is 163 Å². The van der Waals surface area contributed by atoms with E-state index in [2.05, 4.69) is 21.1 Å². The second kappa shape index (κ2) is 6.89. The summed E-state index contributed by atoms with van der Waals surface area (Å²) in [4.78, 5) is 5.67. The number of nitrogens with zero attached hydrogens (tertiary/aromatic N) is 1. The van der Waals surface area contributed by atoms with Crippen LogP contribution in [0.15, 0.2) is 46.0 Å². The smallest absolute Gasteiger partial charge is 0.384 e. The Hall–Kier alpha value is -1.53. The molecule has 2 aromatic rings. The lowest BCUT2D eigenvalue weighted by molar-refractivity contribution is -0.127. The van der Waals surface area contributed by atoms with Gasteiger partial charge in [-0.05, 0) is 60.4 Å². The Balaban J connectivity index is 1.87. The molecule has 7 heteroatoms. The van der Waals surface area contributed by atoms with Crippen LogP contribution in [0.25, 0.3) is 0 Å². The van der Waals surface area contributed by atoms with Crippen LogP contribution in [-0.2, 0) is 16.9 Å². The van der Waals surface area contributed by atoms with E-state index in [1.165, 1.54) is 6.07 Å². The standard InChI is InChI=1S/C19H16BrClF3NO/c1-11-5-14(8-15(21)6-11)18(2)10-17(25-26-18)12-3-4-16(20)13(7-12)9-19(22,23)24/h3-8H,9-10H2,1-2H3. The third kappa shape index (κ3) is 4.23. The maximum absolute atomic E-state index is 12.8. The highest BCUT2D eigenvalue weighted by Gasteiger charge is 2.37. The fourth-order valence-electron chi connectivity index (χ4n) is 3.00. The molecule has 1 aliphatic rings. The number of benzene rings is 2. The zero-order valence-corrected chi connectivity index (χ0v) is 16.5. The normalized spacial score (nSPS) is 20.0. The van der Waals surface area contributed by atoms with Gasteiger partial charge in [-0.15, -0.1) is 0 Å². The molecule has 0 spiro atoms. The van der Waals surface area contributed by atoms with Crippen LogP contribution < -0.4 is 0 Å². The van der Waals surface area contributed by atoms with Gasteiger partial charge < -0.3 is 4.84 Å². The average Bonchev–Trinajstić information content (AvgIpc) is 2.91. The lowest BCUT2D eigenvalue weighted by atomic mass is 9.88. The van der Waals surface area contributed by atoms with E-state index >= 15 is 0 Å². The molecule has 26 heavy (non-hydrogen) atoms. The molecule has 0 fully saturated rings. The molecule has 0 aromatic heterocycles. The van der Waals surface area contributed by atoms with E-state index in [0.29, 0.717) is 27.2 Å². The van der Waals surface area contributed by atoms with Gasteiger partial charge in [0.25, 0.3) is 0 Å². The van der Waals surface area contributed by atoms with Crippen molar-refractivity contribution in [3.8, 4) is 0 Å². The number of hydrogen-bond donors (Lipinski definition) is 0. The van der Waals surface area contributed by atoms with Crippen molar-refractivity contribution in [3.05, 3.63) is 68.1 Å². The molecule has 2 aromatic carbocycles. The molecule has 2 nitrogen and oxygen atoms in total. The summed E-state index contributed by atoms with van der Waals surface area (Å²) in [6.07, 6.45) is -4.83. The maximum atomic E-state index is 12.8. The van der Waals surface area contributed by atoms with Crippen molar-refractivity contribution in [1.82, 2.24) is 0 Å². The summed E-state index contributed by atoms with van der Waals surface area (Å²) in [5, 5.41) is 4.75. The van der Waals surface area contributed by atoms with Crippen LogP contribution >= 0.6 is 27.5 Å². The van der Waals surface area contributed by atoms with Crippen molar-refractivity contribution in [2.75, 3.05) is 0 Å². The summed E-state index contributed by atoms with van der Waals surface area (Å²) in [6.45, 7) is 3.83. The second-order valence-corrected chi connectivity index (χ2v) is 7.94. The van der Waals surface area contributed by atoms with Gasteiger partial charge in [0.1, 0.15) is 0 Å². The van der Waals surface area contributed by atoms with E-state index in [1.807, 2.05) is 32.0 Å². The molecule has 138 valence electrons. The van der Waals surface area contributed by atoms with E-state index in [4.69, 9.17) is 16.4 Å². The van der Waals surface area contributed by atoms with Gasteiger partial charge in [-0.25, -0.2) is 0 Å². The van der Waals surface area contributed by atoms with Gasteiger partial charge in [-0.2, -0.15) is 13.2 Å². The summed E-state index contributed by atoms with van der Waals surface area (Å²) in [7, 11) is 0. The first-order valence-corrected chi connectivity index (χ1v) is 9.11. The lowest BCUT2D eigenvalue weighted by Crippen LogP contribution is -2.22. The summed E-state index contributed by atoms with van der Waals surface area (Å²) in [5.74, 6) is 0. The van der Waals surface area contributed by atoms with Crippen LogP contribution in [-0.4, -0.2) is 11.9 Å². The Bertz CT molecular complexity index is 861. The third-order valence-electron chi connectivity index (χ3n) is 4.28. The molecule has 1 atom stereocenters. The molecule has 3 rings (SSSR count). The molecule has 1 aliphatic heterocycles. The van der Waals surface area contributed by atoms with Crippen molar-refractivity contribution < 1.29 is 18.0 Å². The van der Waals surface area contributed by atoms with Crippen LogP contribution in [0.5, 0.6) is 0 Å². The molecular formula is C19H16BrClF3NO. The fourth-order valence-corrected chi connectivity index (χ4v) is 3.67. The number of aryl methyl sites for hydroxylation is 1. The number of hydrogen-bond acceptors (Lipinski definition) is 2. The van der Waals surface area contributed by atoms with Crippen molar-refractivity contribution >= 4 is 33.2 Å². The molecule has 1 heterocycles. The highest BCUT2D eigenvalue weighted by Crippen LogP contribution is 2.38. The summed E-state index contributed by atoms with van der Waals surface area (Å²) < 4.78 is 38.7. The van der Waals surface area contributed by atoms with Crippen LogP contribution in [0.4, 0.5) is 13.2 Å². The van der Waals surface area contributed by atoms with Crippen LogP contribution in [0.3, 0.4) is 0 Å². The van der Waals surface area contributed by atoms with Crippen molar-refractivity contribution in [2.24, 2.45) is 5.16 Å². The minimum absolute atomic E-state index is 0.171. The Morgan fingerprint density at radius 3 is 2.62 bits per heavy atom. The second-order valence-electron chi connectivity index (χ2n) is 6.65. The highest BCUT2D eigenvalue weighted by molar-refractivity contribution is 9.10. The van der Waals surface area contributed by atoms with E-state index in [0.717, 1.165) is 11.1 Å². The van der Waals surface area contributed by atoms with E-state index < -0.39 is 18.2 Å². The van der Waals surface area contributed by atoms with Crippen molar-refractivity contribution in [3.63, 3.8) is 0 Å². The van der Waals surface area contributed by atoms with Crippen LogP contribution in [0, 0.1) is 6.92 Å². The molecule has 0 amide bonds. The molecule has 0 saturated carbocycles. The van der Waals surface area contributed by atoms with Gasteiger partial charge in [0.2, 0.25) is 0 Å². The minimum Gasteiger partial charge on any atom is -0.384 e. The molecule has 1 unspecified atom stereocenters. The number of rotatable bonds is 3. The molecule has 0 radical (unpaired) electrons. The van der Waals surface area contributed by atoms with Crippen molar-refractivity contribution in [1.29, 1.82) is 0 Å². The molecule has 0 bridgehead atoms. The van der Waals surface area contributed by atoms with Crippen molar-refractivity contribution in [2.45, 2.75) is 38.5 Å². The fraction of sp³-hybridized carbons (Fsp3) is 0.316. The van der Waals surface area contributed by atoms with Gasteiger partial charge in [0.15, 0.2) is 5.60 Å². The van der Waals surface area contributed by atoms with E-state index in [-0.39, 0.29) is 5.56 Å². The minimum atomic E-state index is -4.28. The van der Waals surface area contributed by atoms with Gasteiger partial charge in [0, 0.05) is 15.9 Å². The monoisotopic (exact) mass is 445 g/mol. The van der Waals surface area contributed by atoms with Gasteiger partial charge in [-0.3, -0.25) is 0 Å². The predicted molar refractivity (Wildman–Crippen MR) is 99.7 cm³/mol. The summed E-state index contributed by atoms with van der Waals surface area (Å²) >= 11 is 9.32. The maximum Gasteiger partial charge on any atom is 0.393 e.